The molecule has 1 atom stereocenters. The van der Waals surface area contributed by atoms with Crippen molar-refractivity contribution in [2.24, 2.45) is 5.73 Å². The SMILES string of the molecule is Cc1ccc(C(C)(C)C)c(OCCCCC(C)(N)CO)c1. The van der Waals surface area contributed by atoms with Crippen molar-refractivity contribution in [1.29, 1.82) is 0 Å². The van der Waals surface area contributed by atoms with Gasteiger partial charge in [-0.1, -0.05) is 32.9 Å². The fourth-order valence-electron chi connectivity index (χ4n) is 2.26. The van der Waals surface area contributed by atoms with Gasteiger partial charge in [-0.05, 0) is 55.7 Å². The van der Waals surface area contributed by atoms with Crippen LogP contribution in [0, 0.1) is 6.92 Å². The van der Waals surface area contributed by atoms with Crippen LogP contribution in [0.5, 0.6) is 5.75 Å². The number of hydrogen-bond donors (Lipinski definition) is 2. The number of aliphatic hydroxyl groups is 1. The number of unbranched alkanes of at least 4 members (excludes halogenated alkanes) is 1. The molecule has 0 aliphatic heterocycles. The van der Waals surface area contributed by atoms with E-state index < -0.39 is 5.54 Å². The monoisotopic (exact) mass is 293 g/mol. The van der Waals surface area contributed by atoms with Gasteiger partial charge in [0.2, 0.25) is 0 Å². The molecule has 0 radical (unpaired) electrons. The third-order valence-electron chi connectivity index (χ3n) is 3.71. The highest BCUT2D eigenvalue weighted by Crippen LogP contribution is 2.32. The van der Waals surface area contributed by atoms with E-state index in [2.05, 4.69) is 45.9 Å². The molecule has 0 spiro atoms. The third-order valence-corrected chi connectivity index (χ3v) is 3.71. The molecule has 3 heteroatoms. The summed E-state index contributed by atoms with van der Waals surface area (Å²) in [6, 6.07) is 6.41. The molecule has 120 valence electrons. The van der Waals surface area contributed by atoms with E-state index in [-0.39, 0.29) is 12.0 Å². The fourth-order valence-corrected chi connectivity index (χ4v) is 2.26. The standard InChI is InChI=1S/C18H31NO2/c1-14-8-9-15(17(2,3)4)16(12-14)21-11-7-6-10-18(5,19)13-20/h8-9,12,20H,6-7,10-11,13,19H2,1-5H3. The van der Waals surface area contributed by atoms with Crippen molar-refractivity contribution in [3.05, 3.63) is 29.3 Å². The zero-order valence-electron chi connectivity index (χ0n) is 14.2. The molecule has 1 unspecified atom stereocenters. The molecule has 0 aromatic heterocycles. The summed E-state index contributed by atoms with van der Waals surface area (Å²) in [5.74, 6) is 0.986. The highest BCUT2D eigenvalue weighted by atomic mass is 16.5. The molecule has 1 aromatic carbocycles. The number of nitrogens with two attached hydrogens (primary N) is 1. The summed E-state index contributed by atoms with van der Waals surface area (Å²) in [6.45, 7) is 11.3. The van der Waals surface area contributed by atoms with Crippen molar-refractivity contribution in [3.63, 3.8) is 0 Å². The third kappa shape index (κ3) is 6.06. The number of hydrogen-bond acceptors (Lipinski definition) is 3. The molecule has 0 bridgehead atoms. The number of aliphatic hydroxyl groups excluding tert-OH is 1. The lowest BCUT2D eigenvalue weighted by Gasteiger charge is -2.24. The van der Waals surface area contributed by atoms with Crippen LogP contribution in [0.15, 0.2) is 18.2 Å². The van der Waals surface area contributed by atoms with Crippen molar-refractivity contribution >= 4 is 0 Å². The van der Waals surface area contributed by atoms with E-state index >= 15 is 0 Å². The smallest absolute Gasteiger partial charge is 0.123 e. The highest BCUT2D eigenvalue weighted by Gasteiger charge is 2.19. The second kappa shape index (κ2) is 7.28. The minimum absolute atomic E-state index is 0.0277. The van der Waals surface area contributed by atoms with Gasteiger partial charge in [0.05, 0.1) is 13.2 Å². The first-order valence-electron chi connectivity index (χ1n) is 7.79. The molecule has 0 saturated carbocycles. The summed E-state index contributed by atoms with van der Waals surface area (Å²) >= 11 is 0. The molecule has 21 heavy (non-hydrogen) atoms. The second-order valence-corrected chi connectivity index (χ2v) is 7.37. The predicted molar refractivity (Wildman–Crippen MR) is 88.9 cm³/mol. The molecule has 0 saturated heterocycles. The minimum atomic E-state index is -0.472. The zero-order valence-corrected chi connectivity index (χ0v) is 14.2. The number of aryl methyl sites for hydroxylation is 1. The maximum Gasteiger partial charge on any atom is 0.123 e. The van der Waals surface area contributed by atoms with Gasteiger partial charge in [0, 0.05) is 5.54 Å². The largest absolute Gasteiger partial charge is 0.493 e. The summed E-state index contributed by atoms with van der Waals surface area (Å²) in [6.07, 6.45) is 2.72. The lowest BCUT2D eigenvalue weighted by molar-refractivity contribution is 0.194. The zero-order chi connectivity index (χ0) is 16.1. The van der Waals surface area contributed by atoms with Crippen LogP contribution in [0.4, 0.5) is 0 Å². The Labute approximate surface area is 129 Å². The van der Waals surface area contributed by atoms with E-state index in [0.717, 1.165) is 25.0 Å². The molecule has 1 aromatic rings. The Morgan fingerprint density at radius 1 is 1.14 bits per heavy atom. The summed E-state index contributed by atoms with van der Waals surface area (Å²) in [5.41, 5.74) is 7.98. The maximum absolute atomic E-state index is 9.13. The first-order valence-corrected chi connectivity index (χ1v) is 7.79. The Balaban J connectivity index is 2.54. The maximum atomic E-state index is 9.13. The molecule has 3 N–H and O–H groups in total. The van der Waals surface area contributed by atoms with E-state index in [1.165, 1.54) is 11.1 Å². The minimum Gasteiger partial charge on any atom is -0.493 e. The van der Waals surface area contributed by atoms with Crippen LogP contribution in [0.25, 0.3) is 0 Å². The Bertz CT molecular complexity index is 447. The summed E-state index contributed by atoms with van der Waals surface area (Å²) < 4.78 is 5.99. The van der Waals surface area contributed by atoms with E-state index in [9.17, 15) is 0 Å². The number of benzene rings is 1. The first kappa shape index (κ1) is 18.0. The van der Waals surface area contributed by atoms with Gasteiger partial charge in [0.15, 0.2) is 0 Å². The molecule has 3 nitrogen and oxygen atoms in total. The molecule has 1 rings (SSSR count). The van der Waals surface area contributed by atoms with E-state index in [0.29, 0.717) is 6.61 Å². The molecule has 0 aliphatic carbocycles. The highest BCUT2D eigenvalue weighted by molar-refractivity contribution is 5.41. The quantitative estimate of drug-likeness (QED) is 0.756. The van der Waals surface area contributed by atoms with E-state index in [4.69, 9.17) is 15.6 Å². The van der Waals surface area contributed by atoms with Crippen molar-refractivity contribution in [3.8, 4) is 5.75 Å². The number of ether oxygens (including phenoxy) is 1. The van der Waals surface area contributed by atoms with Crippen molar-refractivity contribution < 1.29 is 9.84 Å². The van der Waals surface area contributed by atoms with E-state index in [1.54, 1.807) is 0 Å². The topological polar surface area (TPSA) is 55.5 Å². The summed E-state index contributed by atoms with van der Waals surface area (Å²) in [7, 11) is 0. The molecule has 0 amide bonds. The Morgan fingerprint density at radius 2 is 1.81 bits per heavy atom. The Morgan fingerprint density at radius 3 is 2.38 bits per heavy atom. The van der Waals surface area contributed by atoms with Gasteiger partial charge in [-0.3, -0.25) is 0 Å². The van der Waals surface area contributed by atoms with Gasteiger partial charge in [-0.15, -0.1) is 0 Å². The molecular weight excluding hydrogens is 262 g/mol. The van der Waals surface area contributed by atoms with E-state index in [1.807, 2.05) is 6.92 Å². The van der Waals surface area contributed by atoms with Crippen molar-refractivity contribution in [2.75, 3.05) is 13.2 Å². The van der Waals surface area contributed by atoms with Crippen LogP contribution in [0.3, 0.4) is 0 Å². The van der Waals surface area contributed by atoms with Crippen LogP contribution < -0.4 is 10.5 Å². The van der Waals surface area contributed by atoms with Gasteiger partial charge in [0.1, 0.15) is 5.75 Å². The van der Waals surface area contributed by atoms with Crippen LogP contribution in [-0.2, 0) is 5.41 Å². The lowest BCUT2D eigenvalue weighted by Crippen LogP contribution is -2.39. The van der Waals surface area contributed by atoms with Gasteiger partial charge < -0.3 is 15.6 Å². The van der Waals surface area contributed by atoms with Crippen LogP contribution in [0.1, 0.15) is 58.1 Å². The van der Waals surface area contributed by atoms with Gasteiger partial charge in [0.25, 0.3) is 0 Å². The number of rotatable bonds is 7. The average Bonchev–Trinajstić information content (AvgIpc) is 2.37. The van der Waals surface area contributed by atoms with Crippen molar-refractivity contribution in [1.82, 2.24) is 0 Å². The molecular formula is C18H31NO2. The van der Waals surface area contributed by atoms with Crippen molar-refractivity contribution in [2.45, 2.75) is 64.8 Å². The normalized spacial score (nSPS) is 14.8. The predicted octanol–water partition coefficient (Wildman–Crippen LogP) is 3.55. The lowest BCUT2D eigenvalue weighted by atomic mass is 9.86. The average molecular weight is 293 g/mol. The molecule has 0 aliphatic rings. The van der Waals surface area contributed by atoms with Gasteiger partial charge in [-0.2, -0.15) is 0 Å². The Hall–Kier alpha value is -1.06. The summed E-state index contributed by atoms with van der Waals surface area (Å²) in [5, 5.41) is 9.13. The van der Waals surface area contributed by atoms with Crippen LogP contribution in [-0.4, -0.2) is 23.9 Å². The summed E-state index contributed by atoms with van der Waals surface area (Å²) in [4.78, 5) is 0. The van der Waals surface area contributed by atoms with Crippen LogP contribution in [0.2, 0.25) is 0 Å². The molecule has 0 fully saturated rings. The Kier molecular flexibility index (Phi) is 6.24. The van der Waals surface area contributed by atoms with Gasteiger partial charge in [-0.25, -0.2) is 0 Å². The van der Waals surface area contributed by atoms with Gasteiger partial charge >= 0.3 is 0 Å². The second-order valence-electron chi connectivity index (χ2n) is 7.37. The first-order chi connectivity index (χ1) is 9.65. The molecule has 0 heterocycles. The van der Waals surface area contributed by atoms with Crippen LogP contribution >= 0.6 is 0 Å². The fraction of sp³-hybridized carbons (Fsp3) is 0.667.